The minimum absolute atomic E-state index is 0.0215. The first-order chi connectivity index (χ1) is 16.6. The van der Waals surface area contributed by atoms with Gasteiger partial charge < -0.3 is 25.4 Å². The van der Waals surface area contributed by atoms with Crippen molar-refractivity contribution in [2.24, 2.45) is 0 Å². The van der Waals surface area contributed by atoms with Crippen molar-refractivity contribution >= 4 is 23.1 Å². The second-order valence-corrected chi connectivity index (χ2v) is 9.21. The lowest BCUT2D eigenvalue weighted by molar-refractivity contribution is 0.103. The van der Waals surface area contributed by atoms with Crippen LogP contribution >= 0.6 is 11.6 Å². The van der Waals surface area contributed by atoms with E-state index in [0.29, 0.717) is 23.7 Å². The average molecular weight is 480 g/mol. The van der Waals surface area contributed by atoms with Gasteiger partial charge in [0.1, 0.15) is 24.4 Å². The number of pyridine rings is 1. The van der Waals surface area contributed by atoms with E-state index >= 15 is 0 Å². The number of fused-ring (bicyclic) bond motifs is 1. The number of anilines is 2. The van der Waals surface area contributed by atoms with E-state index in [4.69, 9.17) is 16.3 Å². The fourth-order valence-corrected chi connectivity index (χ4v) is 4.63. The summed E-state index contributed by atoms with van der Waals surface area (Å²) >= 11 is 6.04. The quantitative estimate of drug-likeness (QED) is 0.387. The Balaban J connectivity index is 1.14. The maximum absolute atomic E-state index is 10.7. The first-order valence-electron chi connectivity index (χ1n) is 11.7. The molecule has 2 aliphatic heterocycles. The fourth-order valence-electron chi connectivity index (χ4n) is 4.42. The van der Waals surface area contributed by atoms with Crippen molar-refractivity contribution in [3.05, 3.63) is 82.5 Å². The monoisotopic (exact) mass is 479 g/mol. The second-order valence-electron chi connectivity index (χ2n) is 8.77. The highest BCUT2D eigenvalue weighted by atomic mass is 35.5. The van der Waals surface area contributed by atoms with Crippen LogP contribution < -0.4 is 25.6 Å². The van der Waals surface area contributed by atoms with Crippen LogP contribution in [0.3, 0.4) is 0 Å². The fraction of sp³-hybridized carbons (Fsp3) is 0.346. The highest BCUT2D eigenvalue weighted by Crippen LogP contribution is 2.30. The number of nitrogens with zero attached hydrogens (tertiary/aromatic N) is 2. The molecule has 1 saturated heterocycles. The molecule has 2 aromatic carbocycles. The van der Waals surface area contributed by atoms with Crippen LogP contribution in [-0.2, 0) is 13.0 Å². The van der Waals surface area contributed by atoms with E-state index in [1.807, 2.05) is 36.4 Å². The Kier molecular flexibility index (Phi) is 7.16. The van der Waals surface area contributed by atoms with Gasteiger partial charge in [-0.3, -0.25) is 5.32 Å². The number of piperazine rings is 1. The van der Waals surface area contributed by atoms with Crippen molar-refractivity contribution in [3.8, 4) is 5.75 Å². The Labute approximate surface area is 205 Å². The lowest BCUT2D eigenvalue weighted by Crippen LogP contribution is -2.44. The van der Waals surface area contributed by atoms with E-state index in [1.54, 1.807) is 6.20 Å². The zero-order chi connectivity index (χ0) is 23.3. The van der Waals surface area contributed by atoms with E-state index in [9.17, 15) is 5.11 Å². The predicted molar refractivity (Wildman–Crippen MR) is 136 cm³/mol. The zero-order valence-electron chi connectivity index (χ0n) is 19.0. The van der Waals surface area contributed by atoms with Crippen molar-refractivity contribution in [1.29, 1.82) is 0 Å². The van der Waals surface area contributed by atoms with Gasteiger partial charge in [0.2, 0.25) is 0 Å². The summed E-state index contributed by atoms with van der Waals surface area (Å²) in [7, 11) is 0. The third-order valence-corrected chi connectivity index (χ3v) is 6.53. The molecule has 7 nitrogen and oxygen atoms in total. The smallest absolute Gasteiger partial charge is 0.132 e. The van der Waals surface area contributed by atoms with Crippen molar-refractivity contribution in [2.45, 2.75) is 25.2 Å². The number of hydrogen-bond acceptors (Lipinski definition) is 7. The Morgan fingerprint density at radius 3 is 2.82 bits per heavy atom. The number of nitrogens with one attached hydrogen (secondary N) is 3. The first kappa shape index (κ1) is 22.9. The number of halogens is 1. The van der Waals surface area contributed by atoms with Gasteiger partial charge in [0, 0.05) is 67.3 Å². The third-order valence-electron chi connectivity index (χ3n) is 6.30. The van der Waals surface area contributed by atoms with Gasteiger partial charge >= 0.3 is 0 Å². The number of benzene rings is 2. The summed E-state index contributed by atoms with van der Waals surface area (Å²) in [4.78, 5) is 6.82. The summed E-state index contributed by atoms with van der Waals surface area (Å²) in [5, 5.41) is 21.4. The normalized spacial score (nSPS) is 18.6. The third kappa shape index (κ3) is 5.62. The van der Waals surface area contributed by atoms with Gasteiger partial charge in [0.25, 0.3) is 0 Å². The van der Waals surface area contributed by atoms with E-state index in [-0.39, 0.29) is 6.04 Å². The Morgan fingerprint density at radius 2 is 2.03 bits per heavy atom. The van der Waals surface area contributed by atoms with Crippen LogP contribution in [0.1, 0.15) is 22.9 Å². The van der Waals surface area contributed by atoms with Gasteiger partial charge in [-0.2, -0.15) is 0 Å². The molecule has 3 aromatic rings. The number of rotatable bonds is 7. The number of hydrogen-bond donors (Lipinski definition) is 4. The summed E-state index contributed by atoms with van der Waals surface area (Å²) in [5.74, 6) is 1.69. The van der Waals surface area contributed by atoms with Gasteiger partial charge in [0.05, 0.1) is 0 Å². The van der Waals surface area contributed by atoms with Crippen LogP contribution in [0.4, 0.5) is 11.5 Å². The van der Waals surface area contributed by atoms with Crippen LogP contribution in [0.5, 0.6) is 5.75 Å². The molecule has 1 aromatic heterocycles. The molecule has 0 spiro atoms. The number of aromatic nitrogens is 1. The average Bonchev–Trinajstić information content (AvgIpc) is 2.88. The van der Waals surface area contributed by atoms with E-state index in [0.717, 1.165) is 55.3 Å². The summed E-state index contributed by atoms with van der Waals surface area (Å²) < 4.78 is 6.05. The topological polar surface area (TPSA) is 81.7 Å². The standard InChI is InChI=1S/C26H30ClN5O2/c27-21-3-1-2-18(12-21)15-29-25-7-5-20(16-30-25)26(33)31-22-13-19-4-6-23(14-24(19)34-17-22)32-10-8-28-9-11-32/h1-7,12,14,16,22,26,28,31,33H,8-11,13,15,17H2,(H,29,30)/t22-,26?/m1/s1. The largest absolute Gasteiger partial charge is 0.492 e. The molecule has 178 valence electrons. The highest BCUT2D eigenvalue weighted by Gasteiger charge is 2.23. The molecule has 2 aliphatic rings. The molecule has 0 radical (unpaired) electrons. The van der Waals surface area contributed by atoms with Crippen LogP contribution in [0, 0.1) is 0 Å². The number of ether oxygens (including phenoxy) is 1. The number of aliphatic hydroxyl groups excluding tert-OH is 1. The van der Waals surface area contributed by atoms with Crippen molar-refractivity contribution in [3.63, 3.8) is 0 Å². The molecule has 34 heavy (non-hydrogen) atoms. The molecule has 1 fully saturated rings. The highest BCUT2D eigenvalue weighted by molar-refractivity contribution is 6.30. The minimum atomic E-state index is -0.815. The van der Waals surface area contributed by atoms with Crippen LogP contribution in [-0.4, -0.2) is 48.9 Å². The van der Waals surface area contributed by atoms with Gasteiger partial charge in [-0.1, -0.05) is 29.8 Å². The van der Waals surface area contributed by atoms with E-state index < -0.39 is 6.23 Å². The van der Waals surface area contributed by atoms with Gasteiger partial charge in [0.15, 0.2) is 0 Å². The van der Waals surface area contributed by atoms with Gasteiger partial charge in [-0.05, 0) is 47.9 Å². The lowest BCUT2D eigenvalue weighted by Gasteiger charge is -2.32. The van der Waals surface area contributed by atoms with Crippen LogP contribution in [0.25, 0.3) is 0 Å². The molecule has 0 saturated carbocycles. The summed E-state index contributed by atoms with van der Waals surface area (Å²) in [6.45, 7) is 5.19. The summed E-state index contributed by atoms with van der Waals surface area (Å²) in [6, 6.07) is 18.0. The number of aliphatic hydroxyl groups is 1. The first-order valence-corrected chi connectivity index (χ1v) is 12.1. The molecule has 1 unspecified atom stereocenters. The minimum Gasteiger partial charge on any atom is -0.492 e. The molecular weight excluding hydrogens is 450 g/mol. The Bertz CT molecular complexity index is 1100. The van der Waals surface area contributed by atoms with E-state index in [2.05, 4.69) is 44.0 Å². The molecule has 4 N–H and O–H groups in total. The molecule has 0 bridgehead atoms. The maximum Gasteiger partial charge on any atom is 0.132 e. The summed E-state index contributed by atoms with van der Waals surface area (Å²) in [5.41, 5.74) is 4.17. The summed E-state index contributed by atoms with van der Waals surface area (Å²) in [6.07, 6.45) is 1.68. The molecule has 2 atom stereocenters. The van der Waals surface area contributed by atoms with Crippen molar-refractivity contribution in [2.75, 3.05) is 43.0 Å². The van der Waals surface area contributed by atoms with E-state index in [1.165, 1.54) is 5.69 Å². The molecule has 3 heterocycles. The van der Waals surface area contributed by atoms with Crippen molar-refractivity contribution < 1.29 is 9.84 Å². The molecular formula is C26H30ClN5O2. The van der Waals surface area contributed by atoms with Crippen molar-refractivity contribution in [1.82, 2.24) is 15.6 Å². The molecule has 5 rings (SSSR count). The Morgan fingerprint density at radius 1 is 1.15 bits per heavy atom. The van der Waals surface area contributed by atoms with Gasteiger partial charge in [-0.15, -0.1) is 0 Å². The predicted octanol–water partition coefficient (Wildman–Crippen LogP) is 3.34. The molecule has 0 amide bonds. The van der Waals surface area contributed by atoms with Crippen LogP contribution in [0.2, 0.25) is 5.02 Å². The zero-order valence-corrected chi connectivity index (χ0v) is 19.8. The Hall–Kier alpha value is -2.84. The SMILES string of the molecule is OC(N[C@H]1COc2cc(N3CCNCC3)ccc2C1)c1ccc(NCc2cccc(Cl)c2)nc1. The maximum atomic E-state index is 10.7. The lowest BCUT2D eigenvalue weighted by atomic mass is 10.0. The van der Waals surface area contributed by atoms with Crippen LogP contribution in [0.15, 0.2) is 60.8 Å². The second kappa shape index (κ2) is 10.6. The molecule has 8 heteroatoms. The molecule has 0 aliphatic carbocycles. The van der Waals surface area contributed by atoms with Gasteiger partial charge in [-0.25, -0.2) is 4.98 Å².